The minimum atomic E-state index is -0.357. The summed E-state index contributed by atoms with van der Waals surface area (Å²) in [5.74, 6) is 0.422. The van der Waals surface area contributed by atoms with Crippen LogP contribution >= 0.6 is 0 Å². The van der Waals surface area contributed by atoms with Crippen molar-refractivity contribution in [3.05, 3.63) is 88.4 Å². The van der Waals surface area contributed by atoms with Gasteiger partial charge in [-0.1, -0.05) is 18.2 Å². The summed E-state index contributed by atoms with van der Waals surface area (Å²) in [6, 6.07) is 15.9. The molecule has 0 atom stereocenters. The predicted octanol–water partition coefficient (Wildman–Crippen LogP) is 2.54. The molecule has 3 aromatic heterocycles. The molecule has 4 rings (SSSR count). The number of pyridine rings is 1. The Labute approximate surface area is 160 Å². The van der Waals surface area contributed by atoms with Gasteiger partial charge in [-0.15, -0.1) is 5.10 Å². The summed E-state index contributed by atoms with van der Waals surface area (Å²) in [4.78, 5) is 24.8. The Morgan fingerprint density at radius 1 is 1.18 bits per heavy atom. The topological polar surface area (TPSA) is 90.8 Å². The van der Waals surface area contributed by atoms with E-state index in [1.807, 2.05) is 18.2 Å². The van der Waals surface area contributed by atoms with E-state index in [2.05, 4.69) is 10.4 Å². The molecule has 1 amide bonds. The van der Waals surface area contributed by atoms with Crippen molar-refractivity contribution in [2.75, 3.05) is 12.4 Å². The van der Waals surface area contributed by atoms with E-state index in [0.29, 0.717) is 30.2 Å². The number of ether oxygens (including phenoxy) is 1. The van der Waals surface area contributed by atoms with Gasteiger partial charge in [0, 0.05) is 19.0 Å². The second-order valence-electron chi connectivity index (χ2n) is 6.22. The predicted molar refractivity (Wildman–Crippen MR) is 102 cm³/mol. The van der Waals surface area contributed by atoms with E-state index in [1.165, 1.54) is 9.08 Å². The standard InChI is InChI=1S/C20H18N4O4/c1-27-13-16-8-9-17(28-16)19(25)21-15-6-4-5-14(11-15)12-24-20(26)23-10-3-2-7-18(23)22-24/h2-11H,12-13H2,1H3,(H,21,25). The normalized spacial score (nSPS) is 11.0. The number of carbonyl (C=O) groups excluding carboxylic acids is 1. The van der Waals surface area contributed by atoms with Crippen LogP contribution in [0.1, 0.15) is 21.9 Å². The smallest absolute Gasteiger partial charge is 0.350 e. The van der Waals surface area contributed by atoms with Crippen LogP contribution in [0.25, 0.3) is 5.65 Å². The fraction of sp³-hybridized carbons (Fsp3) is 0.150. The van der Waals surface area contributed by atoms with E-state index in [4.69, 9.17) is 9.15 Å². The number of aromatic nitrogens is 3. The summed E-state index contributed by atoms with van der Waals surface area (Å²) >= 11 is 0. The molecular formula is C20H18N4O4. The first-order valence-electron chi connectivity index (χ1n) is 8.66. The van der Waals surface area contributed by atoms with E-state index in [9.17, 15) is 9.59 Å². The molecule has 28 heavy (non-hydrogen) atoms. The first-order chi connectivity index (χ1) is 13.6. The van der Waals surface area contributed by atoms with Crippen LogP contribution in [0.15, 0.2) is 70.0 Å². The van der Waals surface area contributed by atoms with Crippen LogP contribution in [0.5, 0.6) is 0 Å². The maximum Gasteiger partial charge on any atom is 0.350 e. The van der Waals surface area contributed by atoms with Crippen LogP contribution in [0.4, 0.5) is 5.69 Å². The number of methoxy groups -OCH3 is 1. The first kappa shape index (κ1) is 17.7. The Morgan fingerprint density at radius 3 is 2.89 bits per heavy atom. The lowest BCUT2D eigenvalue weighted by Gasteiger charge is -2.06. The summed E-state index contributed by atoms with van der Waals surface area (Å²) in [5.41, 5.74) is 1.81. The summed E-state index contributed by atoms with van der Waals surface area (Å²) < 4.78 is 13.3. The van der Waals surface area contributed by atoms with E-state index in [0.717, 1.165) is 5.56 Å². The molecule has 0 aliphatic rings. The third-order valence-electron chi connectivity index (χ3n) is 4.18. The Kier molecular flexibility index (Phi) is 4.77. The zero-order valence-electron chi connectivity index (χ0n) is 15.2. The van der Waals surface area contributed by atoms with Crippen molar-refractivity contribution in [1.82, 2.24) is 14.2 Å². The highest BCUT2D eigenvalue weighted by molar-refractivity contribution is 6.02. The molecule has 0 radical (unpaired) electrons. The van der Waals surface area contributed by atoms with Gasteiger partial charge in [0.05, 0.1) is 6.54 Å². The largest absolute Gasteiger partial charge is 0.453 e. The molecule has 4 aromatic rings. The molecule has 8 nitrogen and oxygen atoms in total. The average molecular weight is 378 g/mol. The van der Waals surface area contributed by atoms with Crippen LogP contribution in [0, 0.1) is 0 Å². The number of nitrogens with one attached hydrogen (secondary N) is 1. The van der Waals surface area contributed by atoms with Crippen molar-refractivity contribution in [2.45, 2.75) is 13.2 Å². The monoisotopic (exact) mass is 378 g/mol. The van der Waals surface area contributed by atoms with Gasteiger partial charge < -0.3 is 14.5 Å². The number of nitrogens with zero attached hydrogens (tertiary/aromatic N) is 3. The molecule has 0 spiro atoms. The van der Waals surface area contributed by atoms with E-state index < -0.39 is 0 Å². The highest BCUT2D eigenvalue weighted by Gasteiger charge is 2.12. The molecule has 142 valence electrons. The molecular weight excluding hydrogens is 360 g/mol. The summed E-state index contributed by atoms with van der Waals surface area (Å²) in [6.45, 7) is 0.597. The minimum Gasteiger partial charge on any atom is -0.453 e. The van der Waals surface area contributed by atoms with Gasteiger partial charge in [0.25, 0.3) is 5.91 Å². The molecule has 1 N–H and O–H groups in total. The molecule has 0 bridgehead atoms. The van der Waals surface area contributed by atoms with E-state index >= 15 is 0 Å². The quantitative estimate of drug-likeness (QED) is 0.557. The zero-order valence-corrected chi connectivity index (χ0v) is 15.2. The Balaban J connectivity index is 1.51. The molecule has 0 saturated carbocycles. The zero-order chi connectivity index (χ0) is 19.5. The van der Waals surface area contributed by atoms with Gasteiger partial charge in [0.1, 0.15) is 12.4 Å². The number of benzene rings is 1. The van der Waals surface area contributed by atoms with Crippen molar-refractivity contribution in [3.63, 3.8) is 0 Å². The number of anilines is 1. The highest BCUT2D eigenvalue weighted by Crippen LogP contribution is 2.15. The molecule has 0 unspecified atom stereocenters. The van der Waals surface area contributed by atoms with Gasteiger partial charge >= 0.3 is 5.69 Å². The second kappa shape index (κ2) is 7.53. The van der Waals surface area contributed by atoms with Crippen molar-refractivity contribution in [2.24, 2.45) is 0 Å². The fourth-order valence-corrected chi connectivity index (χ4v) is 2.90. The maximum absolute atomic E-state index is 12.4. The Morgan fingerprint density at radius 2 is 2.07 bits per heavy atom. The third-order valence-corrected chi connectivity index (χ3v) is 4.18. The molecule has 0 fully saturated rings. The van der Waals surface area contributed by atoms with Gasteiger partial charge in [-0.25, -0.2) is 9.48 Å². The van der Waals surface area contributed by atoms with Crippen LogP contribution in [-0.2, 0) is 17.9 Å². The van der Waals surface area contributed by atoms with Crippen molar-refractivity contribution >= 4 is 17.2 Å². The highest BCUT2D eigenvalue weighted by atomic mass is 16.5. The van der Waals surface area contributed by atoms with Gasteiger partial charge in [0.2, 0.25) is 0 Å². The number of carbonyl (C=O) groups is 1. The minimum absolute atomic E-state index is 0.203. The molecule has 1 aromatic carbocycles. The molecule has 0 aliphatic heterocycles. The number of fused-ring (bicyclic) bond motifs is 1. The van der Waals surface area contributed by atoms with Crippen molar-refractivity contribution in [3.8, 4) is 0 Å². The van der Waals surface area contributed by atoms with Gasteiger partial charge in [-0.05, 0) is 42.0 Å². The van der Waals surface area contributed by atoms with Gasteiger partial charge in [-0.2, -0.15) is 0 Å². The summed E-state index contributed by atoms with van der Waals surface area (Å²) in [7, 11) is 1.56. The number of hydrogen-bond acceptors (Lipinski definition) is 5. The Hall–Kier alpha value is -3.65. The summed E-state index contributed by atoms with van der Waals surface area (Å²) in [6.07, 6.45) is 1.68. The van der Waals surface area contributed by atoms with Gasteiger partial charge in [0.15, 0.2) is 11.4 Å². The molecule has 0 aliphatic carbocycles. The van der Waals surface area contributed by atoms with Crippen LogP contribution in [-0.4, -0.2) is 27.2 Å². The molecule has 8 heteroatoms. The number of amides is 1. The third kappa shape index (κ3) is 3.58. The van der Waals surface area contributed by atoms with Crippen LogP contribution < -0.4 is 11.0 Å². The lowest BCUT2D eigenvalue weighted by molar-refractivity contribution is 0.0987. The van der Waals surface area contributed by atoms with Crippen LogP contribution in [0.2, 0.25) is 0 Å². The number of rotatable bonds is 6. The molecule has 3 heterocycles. The average Bonchev–Trinajstić information content (AvgIpc) is 3.28. The molecule has 0 saturated heterocycles. The lowest BCUT2D eigenvalue weighted by atomic mass is 10.2. The SMILES string of the molecule is COCc1ccc(C(=O)Nc2cccc(Cn3nc4ccccn4c3=O)c2)o1. The number of hydrogen-bond donors (Lipinski definition) is 1. The summed E-state index contributed by atoms with van der Waals surface area (Å²) in [5, 5.41) is 7.11. The van der Waals surface area contributed by atoms with Crippen LogP contribution in [0.3, 0.4) is 0 Å². The first-order valence-corrected chi connectivity index (χ1v) is 8.66. The number of furan rings is 1. The van der Waals surface area contributed by atoms with Crippen molar-refractivity contribution in [1.29, 1.82) is 0 Å². The Bertz CT molecular complexity index is 1190. The van der Waals surface area contributed by atoms with E-state index in [-0.39, 0.29) is 17.4 Å². The van der Waals surface area contributed by atoms with Gasteiger partial charge in [-0.3, -0.25) is 9.20 Å². The van der Waals surface area contributed by atoms with E-state index in [1.54, 1.807) is 49.7 Å². The maximum atomic E-state index is 12.4. The second-order valence-corrected chi connectivity index (χ2v) is 6.22. The fourth-order valence-electron chi connectivity index (χ4n) is 2.90. The lowest BCUT2D eigenvalue weighted by Crippen LogP contribution is -2.21. The van der Waals surface area contributed by atoms with Crippen molar-refractivity contribution < 1.29 is 13.9 Å².